The second-order valence-corrected chi connectivity index (χ2v) is 4.42. The van der Waals surface area contributed by atoms with Crippen molar-refractivity contribution in [3.63, 3.8) is 0 Å². The average Bonchev–Trinajstić information content (AvgIpc) is 2.22. The highest BCUT2D eigenvalue weighted by molar-refractivity contribution is 5.81. The number of aliphatic hydroxyl groups excluding tert-OH is 1. The first-order valence-electron chi connectivity index (χ1n) is 5.58. The van der Waals surface area contributed by atoms with Crippen molar-refractivity contribution < 1.29 is 9.90 Å². The zero-order valence-corrected chi connectivity index (χ0v) is 10.1. The highest BCUT2D eigenvalue weighted by atomic mass is 16.2. The van der Waals surface area contributed by atoms with Crippen LogP contribution in [0.2, 0.25) is 0 Å². The molecule has 0 aromatic heterocycles. The fourth-order valence-electron chi connectivity index (χ4n) is 1.36. The Morgan fingerprint density at radius 1 is 1.27 bits per heavy atom. The first-order valence-corrected chi connectivity index (χ1v) is 5.58. The summed E-state index contributed by atoms with van der Waals surface area (Å²) < 4.78 is 0. The van der Waals surface area contributed by atoms with Crippen molar-refractivity contribution in [2.45, 2.75) is 33.1 Å². The number of amides is 1. The molecule has 0 aromatic carbocycles. The van der Waals surface area contributed by atoms with Crippen LogP contribution < -0.4 is 10.6 Å². The molecule has 0 aromatic rings. The van der Waals surface area contributed by atoms with Crippen molar-refractivity contribution in [3.8, 4) is 0 Å². The Balaban J connectivity index is 3.53. The van der Waals surface area contributed by atoms with Gasteiger partial charge in [0.15, 0.2) is 0 Å². The minimum absolute atomic E-state index is 0.0605. The fourth-order valence-corrected chi connectivity index (χ4v) is 1.36. The SMILES string of the molecule is CNC(=O)C(C)(C)CNCCCCCO. The predicted molar refractivity (Wildman–Crippen MR) is 61.7 cm³/mol. The Morgan fingerprint density at radius 3 is 2.47 bits per heavy atom. The van der Waals surface area contributed by atoms with Gasteiger partial charge in [0.2, 0.25) is 5.91 Å². The molecule has 0 fully saturated rings. The third kappa shape index (κ3) is 6.47. The number of aliphatic hydroxyl groups is 1. The normalized spacial score (nSPS) is 11.5. The van der Waals surface area contributed by atoms with Crippen molar-refractivity contribution in [1.29, 1.82) is 0 Å². The van der Waals surface area contributed by atoms with Gasteiger partial charge in [-0.25, -0.2) is 0 Å². The molecule has 0 heterocycles. The van der Waals surface area contributed by atoms with Gasteiger partial charge in [-0.1, -0.05) is 0 Å². The van der Waals surface area contributed by atoms with E-state index in [-0.39, 0.29) is 17.9 Å². The highest BCUT2D eigenvalue weighted by Gasteiger charge is 2.25. The molecule has 0 spiro atoms. The lowest BCUT2D eigenvalue weighted by Crippen LogP contribution is -2.42. The summed E-state index contributed by atoms with van der Waals surface area (Å²) in [6.07, 6.45) is 2.94. The number of carbonyl (C=O) groups excluding carboxylic acids is 1. The average molecular weight is 216 g/mol. The smallest absolute Gasteiger partial charge is 0.226 e. The molecule has 0 aliphatic carbocycles. The Labute approximate surface area is 92.4 Å². The van der Waals surface area contributed by atoms with Crippen LogP contribution >= 0.6 is 0 Å². The number of hydrogen-bond donors (Lipinski definition) is 3. The molecule has 0 unspecified atom stereocenters. The lowest BCUT2D eigenvalue weighted by Gasteiger charge is -2.22. The van der Waals surface area contributed by atoms with E-state index in [1.165, 1.54) is 0 Å². The van der Waals surface area contributed by atoms with Crippen LogP contribution in [0.1, 0.15) is 33.1 Å². The monoisotopic (exact) mass is 216 g/mol. The van der Waals surface area contributed by atoms with E-state index >= 15 is 0 Å². The lowest BCUT2D eigenvalue weighted by molar-refractivity contribution is -0.128. The first kappa shape index (κ1) is 14.4. The van der Waals surface area contributed by atoms with Crippen LogP contribution in [0.25, 0.3) is 0 Å². The predicted octanol–water partition coefficient (Wildman–Crippen LogP) is 0.511. The van der Waals surface area contributed by atoms with Crippen LogP contribution in [0.3, 0.4) is 0 Å². The van der Waals surface area contributed by atoms with Crippen molar-refractivity contribution in [1.82, 2.24) is 10.6 Å². The van der Waals surface area contributed by atoms with Gasteiger partial charge in [0.1, 0.15) is 0 Å². The Morgan fingerprint density at radius 2 is 1.93 bits per heavy atom. The van der Waals surface area contributed by atoms with E-state index in [0.29, 0.717) is 6.54 Å². The second kappa shape index (κ2) is 7.65. The minimum atomic E-state index is -0.355. The summed E-state index contributed by atoms with van der Waals surface area (Å²) in [5, 5.41) is 14.5. The number of nitrogens with one attached hydrogen (secondary N) is 2. The van der Waals surface area contributed by atoms with Crippen LogP contribution in [-0.4, -0.2) is 37.8 Å². The van der Waals surface area contributed by atoms with Gasteiger partial charge in [0, 0.05) is 20.2 Å². The van der Waals surface area contributed by atoms with Crippen LogP contribution in [0.5, 0.6) is 0 Å². The van der Waals surface area contributed by atoms with E-state index in [2.05, 4.69) is 10.6 Å². The van der Waals surface area contributed by atoms with E-state index in [9.17, 15) is 4.79 Å². The third-order valence-electron chi connectivity index (χ3n) is 2.42. The molecule has 1 amide bonds. The molecule has 0 bridgehead atoms. The van der Waals surface area contributed by atoms with E-state index in [4.69, 9.17) is 5.11 Å². The maximum Gasteiger partial charge on any atom is 0.226 e. The van der Waals surface area contributed by atoms with Gasteiger partial charge in [-0.15, -0.1) is 0 Å². The minimum Gasteiger partial charge on any atom is -0.396 e. The molecule has 3 N–H and O–H groups in total. The van der Waals surface area contributed by atoms with Crippen LogP contribution in [0.15, 0.2) is 0 Å². The molecule has 0 rings (SSSR count). The summed E-state index contributed by atoms with van der Waals surface area (Å²) >= 11 is 0. The molecule has 0 saturated heterocycles. The number of rotatable bonds is 8. The highest BCUT2D eigenvalue weighted by Crippen LogP contribution is 2.12. The molecule has 0 aliphatic rings. The van der Waals surface area contributed by atoms with Gasteiger partial charge in [-0.2, -0.15) is 0 Å². The summed E-state index contributed by atoms with van der Waals surface area (Å²) in [6, 6.07) is 0. The van der Waals surface area contributed by atoms with E-state index in [1.807, 2.05) is 13.8 Å². The van der Waals surface area contributed by atoms with Crippen LogP contribution in [0.4, 0.5) is 0 Å². The summed E-state index contributed by atoms with van der Waals surface area (Å²) in [5.41, 5.74) is -0.355. The quantitative estimate of drug-likeness (QED) is 0.518. The Kier molecular flexibility index (Phi) is 7.34. The summed E-state index contributed by atoms with van der Waals surface area (Å²) in [4.78, 5) is 11.4. The molecule has 0 saturated carbocycles. The van der Waals surface area contributed by atoms with E-state index in [0.717, 1.165) is 25.8 Å². The molecular weight excluding hydrogens is 192 g/mol. The first-order chi connectivity index (χ1) is 7.04. The molecule has 4 nitrogen and oxygen atoms in total. The Hall–Kier alpha value is -0.610. The van der Waals surface area contributed by atoms with Gasteiger partial charge in [-0.05, 0) is 39.7 Å². The van der Waals surface area contributed by atoms with Gasteiger partial charge in [-0.3, -0.25) is 4.79 Å². The van der Waals surface area contributed by atoms with E-state index < -0.39 is 0 Å². The molecule has 4 heteroatoms. The third-order valence-corrected chi connectivity index (χ3v) is 2.42. The summed E-state index contributed by atoms with van der Waals surface area (Å²) in [6.45, 7) is 5.70. The molecule has 0 aliphatic heterocycles. The molecule has 0 atom stereocenters. The Bertz CT molecular complexity index is 181. The summed E-state index contributed by atoms with van der Waals surface area (Å²) in [5.74, 6) is 0.0605. The molecule has 0 radical (unpaired) electrons. The van der Waals surface area contributed by atoms with Crippen LogP contribution in [0, 0.1) is 5.41 Å². The standard InChI is InChI=1S/C11H24N2O2/c1-11(2,10(15)12-3)9-13-7-5-4-6-8-14/h13-14H,4-9H2,1-3H3,(H,12,15). The number of unbranched alkanes of at least 4 members (excludes halogenated alkanes) is 2. The number of carbonyl (C=O) groups is 1. The maximum absolute atomic E-state index is 11.4. The van der Waals surface area contributed by atoms with E-state index in [1.54, 1.807) is 7.05 Å². The van der Waals surface area contributed by atoms with Gasteiger partial charge < -0.3 is 15.7 Å². The molecule has 90 valence electrons. The van der Waals surface area contributed by atoms with Gasteiger partial charge in [0.25, 0.3) is 0 Å². The lowest BCUT2D eigenvalue weighted by atomic mass is 9.92. The largest absolute Gasteiger partial charge is 0.396 e. The molecule has 15 heavy (non-hydrogen) atoms. The maximum atomic E-state index is 11.4. The summed E-state index contributed by atoms with van der Waals surface area (Å²) in [7, 11) is 1.66. The molecular formula is C11H24N2O2. The van der Waals surface area contributed by atoms with Crippen molar-refractivity contribution in [2.75, 3.05) is 26.7 Å². The van der Waals surface area contributed by atoms with Gasteiger partial charge in [0.05, 0.1) is 5.41 Å². The van der Waals surface area contributed by atoms with Crippen LogP contribution in [-0.2, 0) is 4.79 Å². The number of hydrogen-bond acceptors (Lipinski definition) is 3. The van der Waals surface area contributed by atoms with Crippen molar-refractivity contribution in [2.24, 2.45) is 5.41 Å². The second-order valence-electron chi connectivity index (χ2n) is 4.42. The van der Waals surface area contributed by atoms with Crippen molar-refractivity contribution in [3.05, 3.63) is 0 Å². The van der Waals surface area contributed by atoms with Gasteiger partial charge >= 0.3 is 0 Å². The topological polar surface area (TPSA) is 61.4 Å². The van der Waals surface area contributed by atoms with Crippen molar-refractivity contribution >= 4 is 5.91 Å². The zero-order valence-electron chi connectivity index (χ0n) is 10.1. The fraction of sp³-hybridized carbons (Fsp3) is 0.909. The zero-order chi connectivity index (χ0) is 11.7.